The molecule has 26 heavy (non-hydrogen) atoms. The van der Waals surface area contributed by atoms with E-state index >= 15 is 0 Å². The highest BCUT2D eigenvalue weighted by Crippen LogP contribution is 2.30. The van der Waals surface area contributed by atoms with E-state index in [4.69, 9.17) is 0 Å². The summed E-state index contributed by atoms with van der Waals surface area (Å²) in [5, 5.41) is 12.8. The Labute approximate surface area is 157 Å². The van der Waals surface area contributed by atoms with Crippen LogP contribution in [0.4, 0.5) is 5.69 Å². The van der Waals surface area contributed by atoms with Gasteiger partial charge in [-0.15, -0.1) is 5.10 Å². The van der Waals surface area contributed by atoms with Gasteiger partial charge in [0.15, 0.2) is 5.82 Å². The van der Waals surface area contributed by atoms with Crippen LogP contribution in [0, 0.1) is 0 Å². The first kappa shape index (κ1) is 18.8. The number of hydrogen-bond acceptors (Lipinski definition) is 5. The van der Waals surface area contributed by atoms with Gasteiger partial charge in [0.1, 0.15) is 0 Å². The molecule has 3 rings (SSSR count). The summed E-state index contributed by atoms with van der Waals surface area (Å²) in [6.45, 7) is 13.0. The van der Waals surface area contributed by atoms with Gasteiger partial charge in [0, 0.05) is 31.9 Å². The van der Waals surface area contributed by atoms with Crippen LogP contribution in [-0.2, 0) is 5.54 Å². The first-order valence-electron chi connectivity index (χ1n) is 9.89. The number of hydrogen-bond donors (Lipinski definition) is 0. The van der Waals surface area contributed by atoms with Crippen molar-refractivity contribution in [3.63, 3.8) is 0 Å². The molecule has 1 aromatic carbocycles. The van der Waals surface area contributed by atoms with E-state index < -0.39 is 0 Å². The Morgan fingerprint density at radius 1 is 1.04 bits per heavy atom. The SMILES string of the molecule is CCC[C@H](c1nnnn1C(C)(C)CC)N1CCN(c2ccccc2)CC1. The van der Waals surface area contributed by atoms with E-state index in [0.717, 1.165) is 51.3 Å². The van der Waals surface area contributed by atoms with Gasteiger partial charge < -0.3 is 4.90 Å². The van der Waals surface area contributed by atoms with Gasteiger partial charge in [0.2, 0.25) is 0 Å². The van der Waals surface area contributed by atoms with Crippen LogP contribution in [-0.4, -0.2) is 51.3 Å². The first-order valence-corrected chi connectivity index (χ1v) is 9.89. The Morgan fingerprint density at radius 3 is 2.35 bits per heavy atom. The quantitative estimate of drug-likeness (QED) is 0.760. The standard InChI is InChI=1S/C20H32N6/c1-5-10-18(19-21-22-23-26(19)20(3,4)6-2)25-15-13-24(14-16-25)17-11-8-7-9-12-17/h7-9,11-12,18H,5-6,10,13-16H2,1-4H3/t18-/m1/s1. The third-order valence-electron chi connectivity index (χ3n) is 5.67. The largest absolute Gasteiger partial charge is 0.369 e. The van der Waals surface area contributed by atoms with E-state index in [-0.39, 0.29) is 5.54 Å². The van der Waals surface area contributed by atoms with Gasteiger partial charge in [0.25, 0.3) is 0 Å². The number of piperazine rings is 1. The first-order chi connectivity index (χ1) is 12.6. The molecule has 1 aliphatic rings. The summed E-state index contributed by atoms with van der Waals surface area (Å²) < 4.78 is 2.05. The van der Waals surface area contributed by atoms with Crippen molar-refractivity contribution in [1.29, 1.82) is 0 Å². The van der Waals surface area contributed by atoms with Gasteiger partial charge in [-0.1, -0.05) is 38.5 Å². The maximum atomic E-state index is 4.45. The molecule has 0 saturated carbocycles. The molecule has 1 aliphatic heterocycles. The van der Waals surface area contributed by atoms with Gasteiger partial charge in [0.05, 0.1) is 11.6 Å². The molecule has 6 heteroatoms. The number of benzene rings is 1. The lowest BCUT2D eigenvalue weighted by molar-refractivity contribution is 0.154. The number of nitrogens with zero attached hydrogens (tertiary/aromatic N) is 6. The third kappa shape index (κ3) is 3.90. The van der Waals surface area contributed by atoms with Crippen molar-refractivity contribution in [1.82, 2.24) is 25.1 Å². The second kappa shape index (κ2) is 8.16. The van der Waals surface area contributed by atoms with Crippen molar-refractivity contribution in [3.05, 3.63) is 36.2 Å². The lowest BCUT2D eigenvalue weighted by atomic mass is 10.0. The van der Waals surface area contributed by atoms with Crippen molar-refractivity contribution >= 4 is 5.69 Å². The van der Waals surface area contributed by atoms with E-state index in [1.165, 1.54) is 5.69 Å². The van der Waals surface area contributed by atoms with E-state index in [1.54, 1.807) is 0 Å². The Morgan fingerprint density at radius 2 is 1.73 bits per heavy atom. The summed E-state index contributed by atoms with van der Waals surface area (Å²) in [5.74, 6) is 1.02. The van der Waals surface area contributed by atoms with Crippen LogP contribution in [0.1, 0.15) is 58.8 Å². The van der Waals surface area contributed by atoms with Crippen LogP contribution in [0.5, 0.6) is 0 Å². The molecule has 2 heterocycles. The van der Waals surface area contributed by atoms with Crippen LogP contribution in [0.25, 0.3) is 0 Å². The minimum atomic E-state index is -0.0588. The van der Waals surface area contributed by atoms with Crippen molar-refractivity contribution < 1.29 is 0 Å². The normalized spacial score (nSPS) is 17.5. The minimum absolute atomic E-state index is 0.0588. The molecule has 0 spiro atoms. The zero-order valence-corrected chi connectivity index (χ0v) is 16.6. The van der Waals surface area contributed by atoms with E-state index in [0.29, 0.717) is 6.04 Å². The van der Waals surface area contributed by atoms with E-state index in [9.17, 15) is 0 Å². The van der Waals surface area contributed by atoms with Crippen molar-refractivity contribution in [2.24, 2.45) is 0 Å². The number of tetrazole rings is 1. The fraction of sp³-hybridized carbons (Fsp3) is 0.650. The maximum Gasteiger partial charge on any atom is 0.168 e. The van der Waals surface area contributed by atoms with Crippen molar-refractivity contribution in [2.45, 2.75) is 58.5 Å². The maximum absolute atomic E-state index is 4.45. The molecule has 0 radical (unpaired) electrons. The second-order valence-electron chi connectivity index (χ2n) is 7.78. The third-order valence-corrected chi connectivity index (χ3v) is 5.67. The monoisotopic (exact) mass is 356 g/mol. The Bertz CT molecular complexity index is 673. The summed E-state index contributed by atoms with van der Waals surface area (Å²) in [6.07, 6.45) is 3.22. The second-order valence-corrected chi connectivity index (χ2v) is 7.78. The van der Waals surface area contributed by atoms with Gasteiger partial charge in [-0.2, -0.15) is 0 Å². The van der Waals surface area contributed by atoms with Crippen LogP contribution < -0.4 is 4.90 Å². The number of rotatable bonds is 7. The highest BCUT2D eigenvalue weighted by Gasteiger charge is 2.32. The molecule has 1 aromatic heterocycles. The zero-order chi connectivity index (χ0) is 18.6. The molecule has 0 N–H and O–H groups in total. The fourth-order valence-electron chi connectivity index (χ4n) is 3.66. The van der Waals surface area contributed by atoms with Crippen molar-refractivity contribution in [3.8, 4) is 0 Å². The predicted octanol–water partition coefficient (Wildman–Crippen LogP) is 3.48. The summed E-state index contributed by atoms with van der Waals surface area (Å²) >= 11 is 0. The lowest BCUT2D eigenvalue weighted by Crippen LogP contribution is -2.48. The topological polar surface area (TPSA) is 50.1 Å². The Kier molecular flexibility index (Phi) is 5.91. The number of anilines is 1. The van der Waals surface area contributed by atoms with Gasteiger partial charge in [-0.3, -0.25) is 4.90 Å². The van der Waals surface area contributed by atoms with E-state index in [2.05, 4.69) is 88.0 Å². The molecule has 1 fully saturated rings. The molecule has 1 saturated heterocycles. The van der Waals surface area contributed by atoms with Crippen LogP contribution in [0.3, 0.4) is 0 Å². The highest BCUT2D eigenvalue weighted by atomic mass is 15.6. The fourth-order valence-corrected chi connectivity index (χ4v) is 3.66. The number of para-hydroxylation sites is 1. The molecule has 0 amide bonds. The Hall–Kier alpha value is -1.95. The zero-order valence-electron chi connectivity index (χ0n) is 16.6. The smallest absolute Gasteiger partial charge is 0.168 e. The van der Waals surface area contributed by atoms with Crippen LogP contribution >= 0.6 is 0 Å². The Balaban J connectivity index is 1.75. The van der Waals surface area contributed by atoms with Crippen molar-refractivity contribution in [2.75, 3.05) is 31.1 Å². The highest BCUT2D eigenvalue weighted by molar-refractivity contribution is 5.46. The van der Waals surface area contributed by atoms with Gasteiger partial charge in [-0.05, 0) is 49.2 Å². The molecular formula is C20H32N6. The molecule has 6 nitrogen and oxygen atoms in total. The van der Waals surface area contributed by atoms with Crippen LogP contribution in [0.2, 0.25) is 0 Å². The predicted molar refractivity (Wildman–Crippen MR) is 105 cm³/mol. The van der Waals surface area contributed by atoms with Gasteiger partial charge >= 0.3 is 0 Å². The molecule has 142 valence electrons. The average Bonchev–Trinajstić information content (AvgIpc) is 3.17. The van der Waals surface area contributed by atoms with Crippen LogP contribution in [0.15, 0.2) is 30.3 Å². The summed E-state index contributed by atoms with van der Waals surface area (Å²) in [6, 6.07) is 11.0. The molecule has 0 aliphatic carbocycles. The molecule has 2 aromatic rings. The molecule has 0 unspecified atom stereocenters. The lowest BCUT2D eigenvalue weighted by Gasteiger charge is -2.40. The molecule has 0 bridgehead atoms. The summed E-state index contributed by atoms with van der Waals surface area (Å²) in [7, 11) is 0. The summed E-state index contributed by atoms with van der Waals surface area (Å²) in [4.78, 5) is 5.04. The van der Waals surface area contributed by atoms with Gasteiger partial charge in [-0.25, -0.2) is 4.68 Å². The number of aromatic nitrogens is 4. The minimum Gasteiger partial charge on any atom is -0.369 e. The molecule has 1 atom stereocenters. The average molecular weight is 357 g/mol. The summed E-state index contributed by atoms with van der Waals surface area (Å²) in [5.41, 5.74) is 1.26. The molecular weight excluding hydrogens is 324 g/mol. The van der Waals surface area contributed by atoms with E-state index in [1.807, 2.05) is 0 Å².